The number of carbonyl (C=O) groups is 1. The van der Waals surface area contributed by atoms with Crippen molar-refractivity contribution < 1.29 is 9.53 Å². The van der Waals surface area contributed by atoms with Gasteiger partial charge in [-0.2, -0.15) is 0 Å². The Kier molecular flexibility index (Phi) is 10.0. The van der Waals surface area contributed by atoms with E-state index < -0.39 is 0 Å². The molecule has 25 heavy (non-hydrogen) atoms. The quantitative estimate of drug-likeness (QED) is 0.738. The van der Waals surface area contributed by atoms with Crippen molar-refractivity contribution in [2.24, 2.45) is 11.7 Å². The van der Waals surface area contributed by atoms with Crippen molar-refractivity contribution in [3.8, 4) is 0 Å². The maximum atomic E-state index is 12.4. The molecule has 0 spiro atoms. The van der Waals surface area contributed by atoms with Crippen molar-refractivity contribution in [3.63, 3.8) is 0 Å². The summed E-state index contributed by atoms with van der Waals surface area (Å²) in [4.78, 5) is 14.9. The highest BCUT2D eigenvalue weighted by molar-refractivity contribution is 5.94. The molecule has 1 aromatic carbocycles. The molecule has 6 heteroatoms. The molecule has 1 atom stereocenters. The van der Waals surface area contributed by atoms with E-state index in [4.69, 9.17) is 10.5 Å². The maximum Gasteiger partial charge on any atom is 0.251 e. The van der Waals surface area contributed by atoms with E-state index in [1.165, 1.54) is 0 Å². The van der Waals surface area contributed by atoms with Gasteiger partial charge in [0.1, 0.15) is 0 Å². The normalized spacial score (nSPS) is 16.3. The van der Waals surface area contributed by atoms with Crippen molar-refractivity contribution in [1.29, 1.82) is 0 Å². The van der Waals surface area contributed by atoms with Crippen LogP contribution < -0.4 is 11.1 Å². The Morgan fingerprint density at radius 1 is 1.20 bits per heavy atom. The molecule has 0 radical (unpaired) electrons. The van der Waals surface area contributed by atoms with Gasteiger partial charge in [0.25, 0.3) is 5.91 Å². The van der Waals surface area contributed by atoms with Gasteiger partial charge in [-0.15, -0.1) is 12.4 Å². The summed E-state index contributed by atoms with van der Waals surface area (Å²) in [6, 6.07) is 7.89. The van der Waals surface area contributed by atoms with Crippen LogP contribution in [0.1, 0.15) is 42.6 Å². The van der Waals surface area contributed by atoms with Gasteiger partial charge in [-0.05, 0) is 23.6 Å². The number of hydrogen-bond donors (Lipinski definition) is 2. The maximum absolute atomic E-state index is 12.4. The largest absolute Gasteiger partial charge is 0.379 e. The van der Waals surface area contributed by atoms with Crippen LogP contribution in [-0.2, 0) is 11.3 Å². The standard InChI is InChI=1S/C19H31N3O2.ClH/c1-3-16(4-2)18(22-9-11-24-12-10-22)14-21-19(23)17-7-5-15(13-20)6-8-17;/h5-8,16,18H,3-4,9-14,20H2,1-2H3,(H,21,23);1H. The molecule has 0 bridgehead atoms. The van der Waals surface area contributed by atoms with Crippen LogP contribution in [0.4, 0.5) is 0 Å². The molecule has 142 valence electrons. The summed E-state index contributed by atoms with van der Waals surface area (Å²) in [5.74, 6) is 0.575. The molecule has 1 saturated heterocycles. The SMILES string of the molecule is CCC(CC)C(CNC(=O)c1ccc(CN)cc1)N1CCOCC1.Cl. The van der Waals surface area contributed by atoms with Gasteiger partial charge >= 0.3 is 0 Å². The van der Waals surface area contributed by atoms with Gasteiger partial charge in [-0.1, -0.05) is 38.8 Å². The highest BCUT2D eigenvalue weighted by atomic mass is 35.5. The number of nitrogens with one attached hydrogen (secondary N) is 1. The number of ether oxygens (including phenoxy) is 1. The first-order valence-electron chi connectivity index (χ1n) is 9.08. The predicted molar refractivity (Wildman–Crippen MR) is 104 cm³/mol. The van der Waals surface area contributed by atoms with Gasteiger partial charge in [0.2, 0.25) is 0 Å². The molecular weight excluding hydrogens is 338 g/mol. The zero-order valence-corrected chi connectivity index (χ0v) is 16.2. The first kappa shape index (κ1) is 21.9. The summed E-state index contributed by atoms with van der Waals surface area (Å²) in [7, 11) is 0. The van der Waals surface area contributed by atoms with Crippen molar-refractivity contribution in [3.05, 3.63) is 35.4 Å². The Bertz CT molecular complexity index is 500. The Labute approximate surface area is 157 Å². The minimum absolute atomic E-state index is 0. The molecule has 1 aromatic rings. The minimum atomic E-state index is -0.0113. The summed E-state index contributed by atoms with van der Waals surface area (Å²) < 4.78 is 5.47. The molecule has 3 N–H and O–H groups in total. The molecule has 0 aromatic heterocycles. The lowest BCUT2D eigenvalue weighted by molar-refractivity contribution is 0.00191. The van der Waals surface area contributed by atoms with Crippen LogP contribution in [0.2, 0.25) is 0 Å². The van der Waals surface area contributed by atoms with Crippen molar-refractivity contribution in [1.82, 2.24) is 10.2 Å². The predicted octanol–water partition coefficient (Wildman–Crippen LogP) is 2.43. The number of halogens is 1. The fourth-order valence-corrected chi connectivity index (χ4v) is 3.43. The zero-order chi connectivity index (χ0) is 17.4. The monoisotopic (exact) mass is 369 g/mol. The number of nitrogens with two attached hydrogens (primary N) is 1. The van der Waals surface area contributed by atoms with Crippen molar-refractivity contribution >= 4 is 18.3 Å². The van der Waals surface area contributed by atoms with Gasteiger partial charge in [-0.3, -0.25) is 9.69 Å². The summed E-state index contributed by atoms with van der Waals surface area (Å²) in [5, 5.41) is 3.13. The smallest absolute Gasteiger partial charge is 0.251 e. The van der Waals surface area contributed by atoms with Gasteiger partial charge in [-0.25, -0.2) is 0 Å². The van der Waals surface area contributed by atoms with E-state index in [-0.39, 0.29) is 18.3 Å². The average molecular weight is 370 g/mol. The van der Waals surface area contributed by atoms with Crippen LogP contribution in [0.3, 0.4) is 0 Å². The topological polar surface area (TPSA) is 67.6 Å². The molecular formula is C19H32ClN3O2. The second-order valence-corrected chi connectivity index (χ2v) is 6.40. The Balaban J connectivity index is 0.00000312. The van der Waals surface area contributed by atoms with Crippen LogP contribution in [0.25, 0.3) is 0 Å². The third-order valence-electron chi connectivity index (χ3n) is 5.03. The third-order valence-corrected chi connectivity index (χ3v) is 5.03. The Morgan fingerprint density at radius 3 is 2.32 bits per heavy atom. The second kappa shape index (κ2) is 11.5. The molecule has 1 heterocycles. The Morgan fingerprint density at radius 2 is 1.80 bits per heavy atom. The highest BCUT2D eigenvalue weighted by Gasteiger charge is 2.27. The van der Waals surface area contributed by atoms with E-state index >= 15 is 0 Å². The van der Waals surface area contributed by atoms with Gasteiger partial charge in [0.15, 0.2) is 0 Å². The first-order valence-corrected chi connectivity index (χ1v) is 9.08. The number of nitrogens with zero attached hydrogens (tertiary/aromatic N) is 1. The van der Waals surface area contributed by atoms with Gasteiger partial charge in [0, 0.05) is 37.8 Å². The molecule has 0 saturated carbocycles. The number of amides is 1. The molecule has 5 nitrogen and oxygen atoms in total. The minimum Gasteiger partial charge on any atom is -0.379 e. The molecule has 1 amide bonds. The third kappa shape index (κ3) is 6.26. The summed E-state index contributed by atoms with van der Waals surface area (Å²) in [6.07, 6.45) is 2.25. The van der Waals surface area contributed by atoms with Crippen LogP contribution >= 0.6 is 12.4 Å². The van der Waals surface area contributed by atoms with Crippen molar-refractivity contribution in [2.45, 2.75) is 39.3 Å². The Hall–Kier alpha value is -1.14. The average Bonchev–Trinajstić information content (AvgIpc) is 2.65. The van der Waals surface area contributed by atoms with Gasteiger partial charge < -0.3 is 15.8 Å². The lowest BCUT2D eigenvalue weighted by Gasteiger charge is -2.38. The van der Waals surface area contributed by atoms with E-state index in [0.29, 0.717) is 30.6 Å². The van der Waals surface area contributed by atoms with Crippen LogP contribution in [0.5, 0.6) is 0 Å². The summed E-state index contributed by atoms with van der Waals surface area (Å²) in [6.45, 7) is 9.10. The van der Waals surface area contributed by atoms with Crippen LogP contribution in [0.15, 0.2) is 24.3 Å². The molecule has 1 aliphatic heterocycles. The van der Waals surface area contributed by atoms with E-state index in [1.54, 1.807) is 0 Å². The van der Waals surface area contributed by atoms with E-state index in [2.05, 4.69) is 24.1 Å². The number of carbonyl (C=O) groups excluding carboxylic acids is 1. The molecule has 2 rings (SSSR count). The summed E-state index contributed by atoms with van der Waals surface area (Å²) >= 11 is 0. The van der Waals surface area contributed by atoms with Crippen LogP contribution in [0, 0.1) is 5.92 Å². The first-order chi connectivity index (χ1) is 11.7. The zero-order valence-electron chi connectivity index (χ0n) is 15.4. The van der Waals surface area contributed by atoms with Crippen LogP contribution in [-0.4, -0.2) is 49.7 Å². The van der Waals surface area contributed by atoms with Gasteiger partial charge in [0.05, 0.1) is 13.2 Å². The van der Waals surface area contributed by atoms with Crippen molar-refractivity contribution in [2.75, 3.05) is 32.8 Å². The second-order valence-electron chi connectivity index (χ2n) is 6.40. The molecule has 1 unspecified atom stereocenters. The van der Waals surface area contributed by atoms with E-state index in [0.717, 1.165) is 44.7 Å². The number of hydrogen-bond acceptors (Lipinski definition) is 4. The molecule has 0 aliphatic carbocycles. The fourth-order valence-electron chi connectivity index (χ4n) is 3.43. The number of morpholine rings is 1. The fraction of sp³-hybridized carbons (Fsp3) is 0.632. The van der Waals surface area contributed by atoms with E-state index in [9.17, 15) is 4.79 Å². The lowest BCUT2D eigenvalue weighted by atomic mass is 9.92. The summed E-state index contributed by atoms with van der Waals surface area (Å²) in [5.41, 5.74) is 7.33. The number of rotatable bonds is 8. The lowest BCUT2D eigenvalue weighted by Crippen LogP contribution is -2.52. The number of benzene rings is 1. The highest BCUT2D eigenvalue weighted by Crippen LogP contribution is 2.19. The molecule has 1 aliphatic rings. The van der Waals surface area contributed by atoms with E-state index in [1.807, 2.05) is 24.3 Å². The molecule has 1 fully saturated rings.